The third kappa shape index (κ3) is 5.09. The van der Waals surface area contributed by atoms with Crippen LogP contribution in [0.2, 0.25) is 5.02 Å². The Kier molecular flexibility index (Phi) is 6.86. The Balaban J connectivity index is 1.13. The first-order chi connectivity index (χ1) is 18.0. The highest BCUT2D eigenvalue weighted by molar-refractivity contribution is 7.99. The van der Waals surface area contributed by atoms with Crippen molar-refractivity contribution < 1.29 is 9.53 Å². The predicted octanol–water partition coefficient (Wildman–Crippen LogP) is 5.88. The maximum atomic E-state index is 13.4. The standard InChI is InChI=1S/C29H31ClN4O2S/c1-20-15-29(19-36-20)10-13-33(14-11-29)24-16-32-25(17-31-24)37-23-8-7-22-9-12-34(28(35)26(22)27(23)30)18-21-5-3-2-4-6-21/h2-8,16-17,20H,9-15,18-19H2,1H3/t20-/m0/s1. The van der Waals surface area contributed by atoms with Crippen LogP contribution in [-0.2, 0) is 17.7 Å². The van der Waals surface area contributed by atoms with Gasteiger partial charge in [0.15, 0.2) is 0 Å². The van der Waals surface area contributed by atoms with Gasteiger partial charge in [-0.05, 0) is 55.2 Å². The first kappa shape index (κ1) is 24.7. The molecule has 2 aromatic carbocycles. The molecule has 0 bridgehead atoms. The van der Waals surface area contributed by atoms with E-state index in [-0.39, 0.29) is 5.91 Å². The van der Waals surface area contributed by atoms with Gasteiger partial charge in [0.05, 0.1) is 35.7 Å². The Hall–Kier alpha value is -2.61. The van der Waals surface area contributed by atoms with Crippen molar-refractivity contribution in [3.05, 3.63) is 76.6 Å². The van der Waals surface area contributed by atoms with Crippen molar-refractivity contribution in [3.8, 4) is 0 Å². The molecule has 1 aromatic heterocycles. The summed E-state index contributed by atoms with van der Waals surface area (Å²) in [5.74, 6) is 0.901. The van der Waals surface area contributed by atoms with E-state index in [0.717, 1.165) is 72.2 Å². The van der Waals surface area contributed by atoms with Crippen molar-refractivity contribution in [3.63, 3.8) is 0 Å². The minimum absolute atomic E-state index is 0.0103. The normalized spacial score (nSPS) is 20.9. The summed E-state index contributed by atoms with van der Waals surface area (Å²) in [5, 5.41) is 1.27. The first-order valence-electron chi connectivity index (χ1n) is 13.0. The van der Waals surface area contributed by atoms with Gasteiger partial charge in [0.25, 0.3) is 5.91 Å². The summed E-state index contributed by atoms with van der Waals surface area (Å²) in [6.45, 7) is 6.31. The fourth-order valence-corrected chi connectivity index (χ4v) is 6.97. The molecule has 4 heterocycles. The number of piperidine rings is 1. The molecule has 0 aliphatic carbocycles. The number of benzene rings is 2. The zero-order chi connectivity index (χ0) is 25.4. The predicted molar refractivity (Wildman–Crippen MR) is 146 cm³/mol. The molecule has 3 aliphatic heterocycles. The number of rotatable bonds is 5. The molecule has 2 saturated heterocycles. The molecule has 1 amide bonds. The van der Waals surface area contributed by atoms with Crippen LogP contribution in [-0.4, -0.2) is 53.1 Å². The van der Waals surface area contributed by atoms with Gasteiger partial charge in [-0.15, -0.1) is 0 Å². The molecule has 6 rings (SSSR count). The van der Waals surface area contributed by atoms with Crippen LogP contribution in [0.4, 0.5) is 5.82 Å². The third-order valence-corrected chi connectivity index (χ3v) is 9.42. The zero-order valence-electron chi connectivity index (χ0n) is 21.0. The van der Waals surface area contributed by atoms with Gasteiger partial charge in [0, 0.05) is 31.1 Å². The number of ether oxygens (including phenoxy) is 1. The van der Waals surface area contributed by atoms with Gasteiger partial charge in [-0.25, -0.2) is 9.97 Å². The SMILES string of the molecule is C[C@H]1CC2(CCN(c3cnc(Sc4ccc5c(c4Cl)C(=O)N(Cc4ccccc4)CC5)cn3)CC2)CO1. The molecule has 1 atom stereocenters. The van der Waals surface area contributed by atoms with Gasteiger partial charge in [-0.1, -0.05) is 59.8 Å². The number of amides is 1. The van der Waals surface area contributed by atoms with Gasteiger partial charge < -0.3 is 14.5 Å². The number of anilines is 1. The molecule has 0 radical (unpaired) electrons. The van der Waals surface area contributed by atoms with Crippen LogP contribution in [0.3, 0.4) is 0 Å². The lowest BCUT2D eigenvalue weighted by Gasteiger charge is -2.38. The highest BCUT2D eigenvalue weighted by Crippen LogP contribution is 2.43. The molecule has 3 aromatic rings. The number of aromatic nitrogens is 2. The van der Waals surface area contributed by atoms with Crippen molar-refractivity contribution in [2.24, 2.45) is 5.41 Å². The van der Waals surface area contributed by atoms with Gasteiger partial charge >= 0.3 is 0 Å². The minimum atomic E-state index is -0.0103. The van der Waals surface area contributed by atoms with E-state index in [2.05, 4.69) is 16.8 Å². The van der Waals surface area contributed by atoms with Crippen LogP contribution in [0.15, 0.2) is 64.8 Å². The van der Waals surface area contributed by atoms with E-state index in [1.165, 1.54) is 11.8 Å². The Morgan fingerprint density at radius 1 is 1.08 bits per heavy atom. The van der Waals surface area contributed by atoms with Gasteiger partial charge in [-0.2, -0.15) is 0 Å². The summed E-state index contributed by atoms with van der Waals surface area (Å²) in [6.07, 6.45) is 8.27. The Bertz CT molecular complexity index is 1280. The number of hydrogen-bond donors (Lipinski definition) is 0. The Labute approximate surface area is 227 Å². The van der Waals surface area contributed by atoms with Crippen molar-refractivity contribution in [2.45, 2.75) is 55.2 Å². The highest BCUT2D eigenvalue weighted by Gasteiger charge is 2.41. The summed E-state index contributed by atoms with van der Waals surface area (Å²) < 4.78 is 5.86. The average molecular weight is 535 g/mol. The lowest BCUT2D eigenvalue weighted by atomic mass is 9.77. The van der Waals surface area contributed by atoms with Crippen molar-refractivity contribution in [2.75, 3.05) is 31.1 Å². The summed E-state index contributed by atoms with van der Waals surface area (Å²) in [4.78, 5) is 27.8. The molecule has 8 heteroatoms. The van der Waals surface area contributed by atoms with Crippen molar-refractivity contribution in [1.29, 1.82) is 0 Å². The van der Waals surface area contributed by atoms with E-state index in [1.54, 1.807) is 0 Å². The van der Waals surface area contributed by atoms with Crippen molar-refractivity contribution >= 4 is 35.1 Å². The largest absolute Gasteiger partial charge is 0.378 e. The van der Waals surface area contributed by atoms with Gasteiger partial charge in [0.2, 0.25) is 0 Å². The molecule has 192 valence electrons. The average Bonchev–Trinajstić information content (AvgIpc) is 3.28. The minimum Gasteiger partial charge on any atom is -0.378 e. The molecule has 6 nitrogen and oxygen atoms in total. The van der Waals surface area contributed by atoms with Crippen LogP contribution >= 0.6 is 23.4 Å². The number of hydrogen-bond acceptors (Lipinski definition) is 6. The van der Waals surface area contributed by atoms with E-state index in [0.29, 0.717) is 35.2 Å². The van der Waals surface area contributed by atoms with Gasteiger partial charge in [0.1, 0.15) is 10.8 Å². The van der Waals surface area contributed by atoms with Crippen LogP contribution in [0.25, 0.3) is 0 Å². The molecule has 37 heavy (non-hydrogen) atoms. The second-order valence-corrected chi connectivity index (χ2v) is 11.9. The maximum absolute atomic E-state index is 13.4. The Morgan fingerprint density at radius 3 is 2.59 bits per heavy atom. The van der Waals surface area contributed by atoms with Crippen LogP contribution < -0.4 is 4.90 Å². The Morgan fingerprint density at radius 2 is 1.89 bits per heavy atom. The molecule has 0 N–H and O–H groups in total. The monoisotopic (exact) mass is 534 g/mol. The highest BCUT2D eigenvalue weighted by atomic mass is 35.5. The first-order valence-corrected chi connectivity index (χ1v) is 14.2. The molecule has 0 saturated carbocycles. The van der Waals surface area contributed by atoms with E-state index in [1.807, 2.05) is 59.8 Å². The number of nitrogens with zero attached hydrogens (tertiary/aromatic N) is 4. The second kappa shape index (κ2) is 10.3. The molecule has 2 fully saturated rings. The quantitative estimate of drug-likeness (QED) is 0.408. The van der Waals surface area contributed by atoms with Crippen molar-refractivity contribution in [1.82, 2.24) is 14.9 Å². The van der Waals surface area contributed by atoms with E-state index in [4.69, 9.17) is 21.3 Å². The molecule has 1 spiro atoms. The van der Waals surface area contributed by atoms with Gasteiger partial charge in [-0.3, -0.25) is 4.79 Å². The summed E-state index contributed by atoms with van der Waals surface area (Å²) in [6, 6.07) is 14.1. The molecular weight excluding hydrogens is 504 g/mol. The van der Waals surface area contributed by atoms with E-state index in [9.17, 15) is 4.79 Å². The molecule has 0 unspecified atom stereocenters. The summed E-state index contributed by atoms with van der Waals surface area (Å²) in [7, 11) is 0. The zero-order valence-corrected chi connectivity index (χ0v) is 22.6. The van der Waals surface area contributed by atoms with Crippen LogP contribution in [0.1, 0.15) is 47.7 Å². The topological polar surface area (TPSA) is 58.6 Å². The molecule has 3 aliphatic rings. The number of halogens is 1. The fraction of sp³-hybridized carbons (Fsp3) is 0.414. The lowest BCUT2D eigenvalue weighted by molar-refractivity contribution is 0.0727. The number of carbonyl (C=O) groups excluding carboxylic acids is 1. The van der Waals surface area contributed by atoms with E-state index < -0.39 is 0 Å². The summed E-state index contributed by atoms with van der Waals surface area (Å²) >= 11 is 8.28. The van der Waals surface area contributed by atoms with Crippen LogP contribution in [0.5, 0.6) is 0 Å². The molecular formula is C29H31ClN4O2S. The maximum Gasteiger partial charge on any atom is 0.256 e. The lowest BCUT2D eigenvalue weighted by Crippen LogP contribution is -2.41. The number of carbonyl (C=O) groups is 1. The summed E-state index contributed by atoms with van der Waals surface area (Å²) in [5.41, 5.74) is 3.09. The fourth-order valence-electron chi connectivity index (χ4n) is 5.83. The smallest absolute Gasteiger partial charge is 0.256 e. The second-order valence-electron chi connectivity index (χ2n) is 10.5. The van der Waals surface area contributed by atoms with E-state index >= 15 is 0 Å². The third-order valence-electron chi connectivity index (χ3n) is 7.93. The number of fused-ring (bicyclic) bond motifs is 1. The van der Waals surface area contributed by atoms with Crippen LogP contribution in [0, 0.1) is 5.41 Å².